The van der Waals surface area contributed by atoms with Gasteiger partial charge in [0.25, 0.3) is 0 Å². The van der Waals surface area contributed by atoms with Crippen LogP contribution < -0.4 is 0 Å². The van der Waals surface area contributed by atoms with E-state index >= 15 is 0 Å². The van der Waals surface area contributed by atoms with Gasteiger partial charge in [0.2, 0.25) is 0 Å². The van der Waals surface area contributed by atoms with Crippen LogP contribution in [0.2, 0.25) is 5.02 Å². The molecule has 14 heavy (non-hydrogen) atoms. The molecule has 1 N–H and O–H groups in total. The van der Waals surface area contributed by atoms with Crippen molar-refractivity contribution in [3.63, 3.8) is 0 Å². The van der Waals surface area contributed by atoms with Gasteiger partial charge in [-0.3, -0.25) is 4.40 Å². The Morgan fingerprint density at radius 3 is 3.00 bits per heavy atom. The number of rotatable bonds is 1. The van der Waals surface area contributed by atoms with E-state index in [-0.39, 0.29) is 5.02 Å². The molecule has 0 amide bonds. The van der Waals surface area contributed by atoms with Crippen molar-refractivity contribution in [2.45, 2.75) is 13.0 Å². The van der Waals surface area contributed by atoms with E-state index in [0.29, 0.717) is 11.3 Å². The van der Waals surface area contributed by atoms with Crippen molar-refractivity contribution in [2.24, 2.45) is 0 Å². The number of aliphatic hydroxyl groups is 1. The molecular formula is C9H8ClFN2O. The molecule has 0 saturated heterocycles. The number of hydrogen-bond acceptors (Lipinski definition) is 2. The Bertz CT molecular complexity index is 481. The second kappa shape index (κ2) is 3.22. The zero-order chi connectivity index (χ0) is 10.3. The molecule has 2 heterocycles. The molecule has 74 valence electrons. The Hall–Kier alpha value is -1.13. The van der Waals surface area contributed by atoms with Crippen molar-refractivity contribution < 1.29 is 9.50 Å². The van der Waals surface area contributed by atoms with Gasteiger partial charge in [0, 0.05) is 6.20 Å². The van der Waals surface area contributed by atoms with Crippen LogP contribution in [0.1, 0.15) is 18.7 Å². The van der Waals surface area contributed by atoms with Crippen LogP contribution in [0.25, 0.3) is 5.65 Å². The van der Waals surface area contributed by atoms with Crippen LogP contribution in [0.15, 0.2) is 18.5 Å². The fraction of sp³-hybridized carbons (Fsp3) is 0.222. The molecular weight excluding hydrogens is 207 g/mol. The second-order valence-corrected chi connectivity index (χ2v) is 3.47. The predicted octanol–water partition coefficient (Wildman–Crippen LogP) is 2.18. The third kappa shape index (κ3) is 1.36. The first-order valence-electron chi connectivity index (χ1n) is 4.09. The van der Waals surface area contributed by atoms with Gasteiger partial charge in [-0.15, -0.1) is 0 Å². The average molecular weight is 215 g/mol. The van der Waals surface area contributed by atoms with E-state index in [1.807, 2.05) is 0 Å². The van der Waals surface area contributed by atoms with Crippen molar-refractivity contribution in [1.82, 2.24) is 9.38 Å². The highest BCUT2D eigenvalue weighted by Crippen LogP contribution is 2.21. The molecule has 2 aromatic rings. The Morgan fingerprint density at radius 2 is 2.36 bits per heavy atom. The fourth-order valence-electron chi connectivity index (χ4n) is 1.34. The molecule has 0 aliphatic carbocycles. The van der Waals surface area contributed by atoms with E-state index in [1.54, 1.807) is 6.92 Å². The molecule has 0 radical (unpaired) electrons. The minimum atomic E-state index is -0.706. The van der Waals surface area contributed by atoms with Crippen LogP contribution in [0.5, 0.6) is 0 Å². The molecule has 0 fully saturated rings. The van der Waals surface area contributed by atoms with Gasteiger partial charge in [-0.1, -0.05) is 11.6 Å². The highest BCUT2D eigenvalue weighted by atomic mass is 35.5. The lowest BCUT2D eigenvalue weighted by molar-refractivity contribution is 0.193. The third-order valence-electron chi connectivity index (χ3n) is 1.98. The van der Waals surface area contributed by atoms with Gasteiger partial charge in [-0.2, -0.15) is 0 Å². The summed E-state index contributed by atoms with van der Waals surface area (Å²) in [5, 5.41) is 9.60. The predicted molar refractivity (Wildman–Crippen MR) is 50.8 cm³/mol. The van der Waals surface area contributed by atoms with Gasteiger partial charge >= 0.3 is 0 Å². The number of halogens is 2. The Balaban J connectivity index is 2.78. The lowest BCUT2D eigenvalue weighted by atomic mass is 10.3. The highest BCUT2D eigenvalue weighted by Gasteiger charge is 2.11. The Kier molecular flexibility index (Phi) is 2.17. The Labute approximate surface area is 84.8 Å². The van der Waals surface area contributed by atoms with Gasteiger partial charge in [0.15, 0.2) is 5.65 Å². The molecule has 0 aromatic carbocycles. The van der Waals surface area contributed by atoms with E-state index < -0.39 is 11.9 Å². The van der Waals surface area contributed by atoms with Gasteiger partial charge in [0.1, 0.15) is 5.82 Å². The highest BCUT2D eigenvalue weighted by molar-refractivity contribution is 6.33. The number of hydrogen-bond donors (Lipinski definition) is 1. The molecule has 5 heteroatoms. The molecule has 2 rings (SSSR count). The van der Waals surface area contributed by atoms with Crippen LogP contribution in [-0.2, 0) is 0 Å². The van der Waals surface area contributed by atoms with Crippen molar-refractivity contribution in [2.75, 3.05) is 0 Å². The first-order valence-corrected chi connectivity index (χ1v) is 4.47. The van der Waals surface area contributed by atoms with Crippen LogP contribution in [0.3, 0.4) is 0 Å². The second-order valence-electron chi connectivity index (χ2n) is 3.06. The van der Waals surface area contributed by atoms with Crippen molar-refractivity contribution >= 4 is 17.2 Å². The van der Waals surface area contributed by atoms with Gasteiger partial charge in [-0.25, -0.2) is 9.37 Å². The van der Waals surface area contributed by atoms with E-state index in [0.717, 1.165) is 0 Å². The molecule has 0 aliphatic rings. The first-order chi connectivity index (χ1) is 6.59. The van der Waals surface area contributed by atoms with Crippen molar-refractivity contribution in [1.29, 1.82) is 0 Å². The summed E-state index contributed by atoms with van der Waals surface area (Å²) in [7, 11) is 0. The summed E-state index contributed by atoms with van der Waals surface area (Å²) in [6, 6.07) is 1.19. The van der Waals surface area contributed by atoms with Crippen LogP contribution >= 0.6 is 11.6 Å². The zero-order valence-corrected chi connectivity index (χ0v) is 8.16. The zero-order valence-electron chi connectivity index (χ0n) is 7.41. The lowest BCUT2D eigenvalue weighted by Crippen LogP contribution is -1.98. The maximum Gasteiger partial charge on any atom is 0.156 e. The summed E-state index contributed by atoms with van der Waals surface area (Å²) in [6.07, 6.45) is 2.02. The largest absolute Gasteiger partial charge is 0.387 e. The smallest absolute Gasteiger partial charge is 0.156 e. The molecule has 0 bridgehead atoms. The third-order valence-corrected chi connectivity index (χ3v) is 2.26. The van der Waals surface area contributed by atoms with Crippen LogP contribution in [0, 0.1) is 5.82 Å². The van der Waals surface area contributed by atoms with Crippen molar-refractivity contribution in [3.05, 3.63) is 35.0 Å². The first kappa shape index (κ1) is 9.43. The summed E-state index contributed by atoms with van der Waals surface area (Å²) in [5.41, 5.74) is 0.963. The quantitative estimate of drug-likeness (QED) is 0.790. The number of pyridine rings is 1. The summed E-state index contributed by atoms with van der Waals surface area (Å²) in [4.78, 5) is 3.98. The van der Waals surface area contributed by atoms with Crippen LogP contribution in [0.4, 0.5) is 4.39 Å². The monoisotopic (exact) mass is 214 g/mol. The number of aromatic nitrogens is 2. The van der Waals surface area contributed by atoms with Gasteiger partial charge in [-0.05, 0) is 13.0 Å². The molecule has 0 aliphatic heterocycles. The fourth-order valence-corrected chi connectivity index (χ4v) is 1.59. The van der Waals surface area contributed by atoms with E-state index in [9.17, 15) is 9.50 Å². The summed E-state index contributed by atoms with van der Waals surface area (Å²) < 4.78 is 14.5. The van der Waals surface area contributed by atoms with E-state index in [4.69, 9.17) is 11.6 Å². The minimum absolute atomic E-state index is 0.233. The normalized spacial score (nSPS) is 13.4. The maximum atomic E-state index is 13.0. The van der Waals surface area contributed by atoms with Crippen molar-refractivity contribution in [3.8, 4) is 0 Å². The average Bonchev–Trinajstić information content (AvgIpc) is 2.47. The summed E-state index contributed by atoms with van der Waals surface area (Å²) >= 11 is 5.78. The number of nitrogens with zero attached hydrogens (tertiary/aromatic N) is 2. The number of imidazole rings is 1. The molecule has 1 atom stereocenters. The van der Waals surface area contributed by atoms with Gasteiger partial charge < -0.3 is 5.11 Å². The topological polar surface area (TPSA) is 37.5 Å². The number of fused-ring (bicyclic) bond motifs is 1. The molecule has 1 unspecified atom stereocenters. The maximum absolute atomic E-state index is 13.0. The SMILES string of the molecule is CC(O)c1cnc2c(Cl)cc(F)cn12. The lowest BCUT2D eigenvalue weighted by Gasteiger charge is -2.04. The molecule has 2 aromatic heterocycles. The van der Waals surface area contributed by atoms with E-state index in [1.165, 1.54) is 22.9 Å². The molecule has 0 spiro atoms. The molecule has 3 nitrogen and oxygen atoms in total. The van der Waals surface area contributed by atoms with E-state index in [2.05, 4.69) is 4.98 Å². The minimum Gasteiger partial charge on any atom is -0.387 e. The summed E-state index contributed by atoms with van der Waals surface area (Å²) in [6.45, 7) is 1.59. The van der Waals surface area contributed by atoms with Crippen LogP contribution in [-0.4, -0.2) is 14.5 Å². The molecule has 0 saturated carbocycles. The Morgan fingerprint density at radius 1 is 1.64 bits per heavy atom. The number of aliphatic hydroxyl groups excluding tert-OH is 1. The summed E-state index contributed by atoms with van der Waals surface area (Å²) in [5.74, 6) is -0.456. The van der Waals surface area contributed by atoms with Gasteiger partial charge in [0.05, 0.1) is 23.0 Å². The standard InChI is InChI=1S/C9H8ClFN2O/c1-5(14)8-3-12-9-7(10)2-6(11)4-13(8)9/h2-5,14H,1H3.